The van der Waals surface area contributed by atoms with Crippen molar-refractivity contribution < 1.29 is 0 Å². The molecule has 0 atom stereocenters. The maximum Gasteiger partial charge on any atom is 0.128 e. The molecule has 1 heterocycles. The third-order valence-corrected chi connectivity index (χ3v) is 2.72. The maximum absolute atomic E-state index is 4.40. The van der Waals surface area contributed by atoms with Gasteiger partial charge in [-0.3, -0.25) is 4.98 Å². The lowest BCUT2D eigenvalue weighted by molar-refractivity contribution is 1.09. The highest BCUT2D eigenvalue weighted by Gasteiger charge is 2.01. The van der Waals surface area contributed by atoms with Gasteiger partial charge in [0.05, 0.1) is 17.6 Å². The fourth-order valence-electron chi connectivity index (χ4n) is 1.17. The number of aryl methyl sites for hydroxylation is 1. The minimum absolute atomic E-state index is 0.804. The van der Waals surface area contributed by atoms with Crippen molar-refractivity contribution in [2.45, 2.75) is 6.92 Å². The smallest absolute Gasteiger partial charge is 0.128 e. The number of halogens is 1. The SMILES string of the molecule is Cc1ncc(-c2ccccc2)nc1Br. The molecule has 0 amide bonds. The van der Waals surface area contributed by atoms with E-state index in [-0.39, 0.29) is 0 Å². The predicted molar refractivity (Wildman–Crippen MR) is 59.9 cm³/mol. The highest BCUT2D eigenvalue weighted by atomic mass is 79.9. The van der Waals surface area contributed by atoms with E-state index in [9.17, 15) is 0 Å². The van der Waals surface area contributed by atoms with Crippen LogP contribution in [0.25, 0.3) is 11.3 Å². The molecule has 0 aliphatic rings. The summed E-state index contributed by atoms with van der Waals surface area (Å²) >= 11 is 3.37. The van der Waals surface area contributed by atoms with E-state index in [1.165, 1.54) is 0 Å². The second kappa shape index (κ2) is 3.88. The van der Waals surface area contributed by atoms with Crippen LogP contribution in [0.5, 0.6) is 0 Å². The van der Waals surface area contributed by atoms with Gasteiger partial charge in [0.2, 0.25) is 0 Å². The number of hydrogen-bond donors (Lipinski definition) is 0. The van der Waals surface area contributed by atoms with Crippen molar-refractivity contribution in [1.82, 2.24) is 9.97 Å². The zero-order valence-electron chi connectivity index (χ0n) is 7.74. The fraction of sp³-hybridized carbons (Fsp3) is 0.0909. The second-order valence-corrected chi connectivity index (χ2v) is 3.75. The highest BCUT2D eigenvalue weighted by Crippen LogP contribution is 2.19. The van der Waals surface area contributed by atoms with E-state index < -0.39 is 0 Å². The van der Waals surface area contributed by atoms with Gasteiger partial charge in [-0.05, 0) is 22.9 Å². The Bertz CT molecular complexity index is 440. The van der Waals surface area contributed by atoms with Crippen molar-refractivity contribution in [3.8, 4) is 11.3 Å². The van der Waals surface area contributed by atoms with Gasteiger partial charge in [-0.15, -0.1) is 0 Å². The Kier molecular flexibility index (Phi) is 2.59. The largest absolute Gasteiger partial charge is 0.256 e. The molecule has 2 rings (SSSR count). The molecule has 0 bridgehead atoms. The first-order valence-electron chi connectivity index (χ1n) is 4.32. The first-order chi connectivity index (χ1) is 6.77. The standard InChI is InChI=1S/C11H9BrN2/c1-8-11(12)14-10(7-13-8)9-5-3-2-4-6-9/h2-7H,1H3. The number of benzene rings is 1. The van der Waals surface area contributed by atoms with Crippen LogP contribution in [0.4, 0.5) is 0 Å². The molecule has 2 nitrogen and oxygen atoms in total. The summed E-state index contributed by atoms with van der Waals surface area (Å²) in [7, 11) is 0. The van der Waals surface area contributed by atoms with Crippen LogP contribution >= 0.6 is 15.9 Å². The molecular weight excluding hydrogens is 240 g/mol. The van der Waals surface area contributed by atoms with Crippen LogP contribution in [-0.4, -0.2) is 9.97 Å². The first kappa shape index (κ1) is 9.34. The third-order valence-electron chi connectivity index (χ3n) is 1.97. The minimum Gasteiger partial charge on any atom is -0.256 e. The highest BCUT2D eigenvalue weighted by molar-refractivity contribution is 9.10. The summed E-state index contributed by atoms with van der Waals surface area (Å²) in [6.07, 6.45) is 1.79. The van der Waals surface area contributed by atoms with Crippen LogP contribution in [0, 0.1) is 6.92 Å². The number of rotatable bonds is 1. The van der Waals surface area contributed by atoms with E-state index in [1.54, 1.807) is 6.20 Å². The van der Waals surface area contributed by atoms with Crippen molar-refractivity contribution in [3.05, 3.63) is 46.8 Å². The summed E-state index contributed by atoms with van der Waals surface area (Å²) < 4.78 is 0.804. The predicted octanol–water partition coefficient (Wildman–Crippen LogP) is 3.21. The second-order valence-electron chi connectivity index (χ2n) is 3.00. The lowest BCUT2D eigenvalue weighted by Crippen LogP contribution is -1.90. The molecule has 0 aliphatic heterocycles. The lowest BCUT2D eigenvalue weighted by Gasteiger charge is -2.01. The average Bonchev–Trinajstić information content (AvgIpc) is 2.23. The molecule has 0 saturated heterocycles. The Hall–Kier alpha value is -1.22. The summed E-state index contributed by atoms with van der Waals surface area (Å²) in [5, 5.41) is 0. The molecule has 0 radical (unpaired) electrons. The van der Waals surface area contributed by atoms with E-state index in [1.807, 2.05) is 37.3 Å². The summed E-state index contributed by atoms with van der Waals surface area (Å²) in [4.78, 5) is 8.64. The monoisotopic (exact) mass is 248 g/mol. The maximum atomic E-state index is 4.40. The molecule has 14 heavy (non-hydrogen) atoms. The number of hydrogen-bond acceptors (Lipinski definition) is 2. The molecule has 0 aliphatic carbocycles. The van der Waals surface area contributed by atoms with Gasteiger partial charge >= 0.3 is 0 Å². The van der Waals surface area contributed by atoms with Crippen LogP contribution in [0.3, 0.4) is 0 Å². The van der Waals surface area contributed by atoms with Crippen molar-refractivity contribution >= 4 is 15.9 Å². The molecule has 3 heteroatoms. The number of aromatic nitrogens is 2. The quantitative estimate of drug-likeness (QED) is 0.775. The van der Waals surface area contributed by atoms with Gasteiger partial charge in [0.25, 0.3) is 0 Å². The van der Waals surface area contributed by atoms with Crippen molar-refractivity contribution in [2.24, 2.45) is 0 Å². The van der Waals surface area contributed by atoms with E-state index in [0.717, 1.165) is 21.6 Å². The molecule has 2 aromatic rings. The average molecular weight is 249 g/mol. The van der Waals surface area contributed by atoms with Crippen LogP contribution in [0.15, 0.2) is 41.1 Å². The van der Waals surface area contributed by atoms with Gasteiger partial charge < -0.3 is 0 Å². The van der Waals surface area contributed by atoms with Crippen molar-refractivity contribution in [1.29, 1.82) is 0 Å². The normalized spacial score (nSPS) is 10.1. The molecular formula is C11H9BrN2. The van der Waals surface area contributed by atoms with Gasteiger partial charge in [-0.2, -0.15) is 0 Å². The Balaban J connectivity index is 2.48. The topological polar surface area (TPSA) is 25.8 Å². The minimum atomic E-state index is 0.804. The van der Waals surface area contributed by atoms with E-state index in [2.05, 4.69) is 25.9 Å². The lowest BCUT2D eigenvalue weighted by atomic mass is 10.2. The zero-order chi connectivity index (χ0) is 9.97. The Labute approximate surface area is 91.2 Å². The summed E-state index contributed by atoms with van der Waals surface area (Å²) in [6, 6.07) is 10.0. The summed E-state index contributed by atoms with van der Waals surface area (Å²) in [6.45, 7) is 1.92. The van der Waals surface area contributed by atoms with Gasteiger partial charge in [-0.25, -0.2) is 4.98 Å². The Morgan fingerprint density at radius 3 is 2.50 bits per heavy atom. The third kappa shape index (κ3) is 1.82. The molecule has 0 unspecified atom stereocenters. The zero-order valence-corrected chi connectivity index (χ0v) is 9.32. The van der Waals surface area contributed by atoms with Crippen LogP contribution in [-0.2, 0) is 0 Å². The number of nitrogens with zero attached hydrogens (tertiary/aromatic N) is 2. The van der Waals surface area contributed by atoms with E-state index >= 15 is 0 Å². The van der Waals surface area contributed by atoms with Gasteiger partial charge in [0.15, 0.2) is 0 Å². The Morgan fingerprint density at radius 2 is 1.86 bits per heavy atom. The summed E-state index contributed by atoms with van der Waals surface area (Å²) in [5.74, 6) is 0. The van der Waals surface area contributed by atoms with E-state index in [4.69, 9.17) is 0 Å². The molecule has 0 fully saturated rings. The Morgan fingerprint density at radius 1 is 1.14 bits per heavy atom. The van der Waals surface area contributed by atoms with Crippen molar-refractivity contribution in [3.63, 3.8) is 0 Å². The molecule has 0 saturated carbocycles. The van der Waals surface area contributed by atoms with Crippen molar-refractivity contribution in [2.75, 3.05) is 0 Å². The van der Waals surface area contributed by atoms with Crippen LogP contribution in [0.2, 0.25) is 0 Å². The van der Waals surface area contributed by atoms with Crippen LogP contribution < -0.4 is 0 Å². The van der Waals surface area contributed by atoms with Gasteiger partial charge in [-0.1, -0.05) is 30.3 Å². The van der Waals surface area contributed by atoms with E-state index in [0.29, 0.717) is 0 Å². The van der Waals surface area contributed by atoms with Gasteiger partial charge in [0, 0.05) is 5.56 Å². The molecule has 0 spiro atoms. The summed E-state index contributed by atoms with van der Waals surface area (Å²) in [5.41, 5.74) is 2.88. The fourth-order valence-corrected chi connectivity index (χ4v) is 1.47. The van der Waals surface area contributed by atoms with Crippen LogP contribution in [0.1, 0.15) is 5.69 Å². The molecule has 1 aromatic heterocycles. The molecule has 1 aromatic carbocycles. The first-order valence-corrected chi connectivity index (χ1v) is 5.11. The molecule has 70 valence electrons. The molecule has 0 N–H and O–H groups in total. The van der Waals surface area contributed by atoms with Gasteiger partial charge in [0.1, 0.15) is 4.60 Å².